The van der Waals surface area contributed by atoms with E-state index in [4.69, 9.17) is 4.99 Å². The molecule has 0 aliphatic carbocycles. The van der Waals surface area contributed by atoms with E-state index in [-0.39, 0.29) is 21.8 Å². The number of aromatic amines is 1. The smallest absolute Gasteiger partial charge is 0.330 e. The van der Waals surface area contributed by atoms with Gasteiger partial charge in [0, 0.05) is 25.6 Å². The highest BCUT2D eigenvalue weighted by Gasteiger charge is 2.48. The van der Waals surface area contributed by atoms with E-state index in [1.807, 2.05) is 30.3 Å². The monoisotopic (exact) mass is 497 g/mol. The molecule has 0 bridgehead atoms. The highest BCUT2D eigenvalue weighted by atomic mass is 32.2. The van der Waals surface area contributed by atoms with Gasteiger partial charge in [0.25, 0.3) is 0 Å². The van der Waals surface area contributed by atoms with Crippen molar-refractivity contribution in [1.29, 1.82) is 0 Å². The molecule has 3 aromatic rings. The Kier molecular flexibility index (Phi) is 6.63. The molecule has 35 heavy (non-hydrogen) atoms. The number of nitrogens with one attached hydrogen (secondary N) is 1. The topological polar surface area (TPSA) is 122 Å². The van der Waals surface area contributed by atoms with Crippen LogP contribution in [0.4, 0.5) is 11.5 Å². The summed E-state index contributed by atoms with van der Waals surface area (Å²) in [6.07, 6.45) is 0.382. The maximum atomic E-state index is 13.2. The maximum Gasteiger partial charge on any atom is 0.330 e. The van der Waals surface area contributed by atoms with Gasteiger partial charge in [-0.15, -0.1) is 0 Å². The molecule has 0 radical (unpaired) electrons. The summed E-state index contributed by atoms with van der Waals surface area (Å²) in [5.41, 5.74) is 0.785. The van der Waals surface area contributed by atoms with Crippen molar-refractivity contribution in [2.24, 2.45) is 12.0 Å². The molecule has 0 saturated heterocycles. The van der Waals surface area contributed by atoms with Gasteiger partial charge >= 0.3 is 11.2 Å². The third-order valence-corrected chi connectivity index (χ3v) is 8.54. The van der Waals surface area contributed by atoms with Gasteiger partial charge < -0.3 is 5.11 Å². The zero-order chi connectivity index (χ0) is 25.4. The van der Waals surface area contributed by atoms with Crippen LogP contribution in [0.5, 0.6) is 0 Å². The van der Waals surface area contributed by atoms with Gasteiger partial charge in [-0.25, -0.2) is 17.7 Å². The summed E-state index contributed by atoms with van der Waals surface area (Å²) in [6.45, 7) is 3.88. The van der Waals surface area contributed by atoms with Crippen molar-refractivity contribution in [1.82, 2.24) is 14.0 Å². The van der Waals surface area contributed by atoms with Crippen LogP contribution in [0.2, 0.25) is 0 Å². The molecule has 9 nitrogen and oxygen atoms in total. The molecular formula is C25H29N4O5S+. The van der Waals surface area contributed by atoms with E-state index in [2.05, 4.69) is 4.98 Å². The highest BCUT2D eigenvalue weighted by molar-refractivity contribution is 7.92. The first-order chi connectivity index (χ1) is 16.6. The minimum Gasteiger partial charge on any atom is -0.396 e. The first-order valence-electron chi connectivity index (χ1n) is 11.4. The lowest BCUT2D eigenvalue weighted by molar-refractivity contribution is 0.265. The van der Waals surface area contributed by atoms with Gasteiger partial charge in [0.1, 0.15) is 6.54 Å². The summed E-state index contributed by atoms with van der Waals surface area (Å²) < 4.78 is 26.6. The second-order valence-corrected chi connectivity index (χ2v) is 11.5. The predicted octanol–water partition coefficient (Wildman–Crippen LogP) is 2.24. The first-order valence-corrected chi connectivity index (χ1v) is 13.0. The van der Waals surface area contributed by atoms with Crippen LogP contribution < -0.4 is 15.7 Å². The number of aromatic nitrogens is 2. The van der Waals surface area contributed by atoms with E-state index in [9.17, 15) is 23.1 Å². The molecule has 2 aromatic carbocycles. The fraction of sp³-hybridized carbons (Fsp3) is 0.320. The minimum atomic E-state index is -3.46. The maximum absolute atomic E-state index is 13.2. The normalized spacial score (nSPS) is 17.5. The predicted molar refractivity (Wildman–Crippen MR) is 136 cm³/mol. The lowest BCUT2D eigenvalue weighted by Crippen LogP contribution is -2.55. The quantitative estimate of drug-likeness (QED) is 0.462. The van der Waals surface area contributed by atoms with Crippen LogP contribution in [0.3, 0.4) is 0 Å². The molecule has 1 unspecified atom stereocenters. The van der Waals surface area contributed by atoms with Gasteiger partial charge in [0.15, 0.2) is 9.84 Å². The van der Waals surface area contributed by atoms with Gasteiger partial charge in [-0.3, -0.25) is 14.3 Å². The van der Waals surface area contributed by atoms with Crippen molar-refractivity contribution in [3.8, 4) is 0 Å². The fourth-order valence-electron chi connectivity index (χ4n) is 4.48. The van der Waals surface area contributed by atoms with Crippen molar-refractivity contribution in [3.63, 3.8) is 0 Å². The van der Waals surface area contributed by atoms with E-state index in [1.165, 1.54) is 4.57 Å². The summed E-state index contributed by atoms with van der Waals surface area (Å²) in [4.78, 5) is 32.9. The van der Waals surface area contributed by atoms with E-state index >= 15 is 0 Å². The van der Waals surface area contributed by atoms with Crippen LogP contribution in [-0.4, -0.2) is 47.3 Å². The number of hydrogen-bond donors (Lipinski definition) is 2. The summed E-state index contributed by atoms with van der Waals surface area (Å²) >= 11 is 0. The number of rotatable bonds is 8. The van der Waals surface area contributed by atoms with Crippen LogP contribution in [-0.2, 0) is 23.4 Å². The van der Waals surface area contributed by atoms with E-state index in [1.54, 1.807) is 45.2 Å². The molecule has 184 valence electrons. The molecule has 1 atom stereocenters. The van der Waals surface area contributed by atoms with Crippen molar-refractivity contribution < 1.29 is 13.5 Å². The number of aliphatic hydroxyl groups is 1. The average Bonchev–Trinajstić information content (AvgIpc) is 3.17. The molecule has 2 heterocycles. The fourth-order valence-corrected chi connectivity index (χ4v) is 5.54. The molecule has 0 saturated carbocycles. The Bertz CT molecular complexity index is 1490. The number of aliphatic hydroxyl groups excluding tert-OH is 1. The van der Waals surface area contributed by atoms with Crippen molar-refractivity contribution in [2.75, 3.05) is 13.2 Å². The number of nitrogens with zero attached hydrogens (tertiary/aromatic N) is 3. The van der Waals surface area contributed by atoms with E-state index in [0.29, 0.717) is 36.6 Å². The van der Waals surface area contributed by atoms with Crippen LogP contribution in [0, 0.1) is 0 Å². The lowest BCUT2D eigenvalue weighted by atomic mass is 10.1. The minimum absolute atomic E-state index is 0.0142. The third-order valence-electron chi connectivity index (χ3n) is 6.37. The van der Waals surface area contributed by atoms with Gasteiger partial charge in [0.2, 0.25) is 17.3 Å². The lowest BCUT2D eigenvalue weighted by Gasteiger charge is -2.34. The summed E-state index contributed by atoms with van der Waals surface area (Å²) in [7, 11) is -1.91. The van der Waals surface area contributed by atoms with Gasteiger partial charge in [-0.05, 0) is 38.1 Å². The molecule has 1 aromatic heterocycles. The zero-order valence-corrected chi connectivity index (χ0v) is 20.7. The van der Waals surface area contributed by atoms with Gasteiger partial charge in [-0.1, -0.05) is 30.3 Å². The largest absolute Gasteiger partial charge is 0.396 e. The first kappa shape index (κ1) is 24.8. The molecule has 1 aliphatic rings. The van der Waals surface area contributed by atoms with Crippen molar-refractivity contribution >= 4 is 27.2 Å². The summed E-state index contributed by atoms with van der Waals surface area (Å²) in [5.74, 6) is 0.763. The molecule has 10 heteroatoms. The Morgan fingerprint density at radius 1 is 1.06 bits per heavy atom. The SMILES string of the molecule is CC(C)S(=O)(=O)c1ccc(C2=Nc3c(c(=O)[nH]c(=O)n3C)[N+]2(CCCO)Cc2ccccc2)cc1. The number of benzene rings is 2. The number of aliphatic imine (C=N–C) groups is 1. The number of amidine groups is 1. The molecule has 0 amide bonds. The Balaban J connectivity index is 1.96. The standard InChI is InChI=1S/C25H28N4O5S/c1-17(2)35(33,34)20-12-10-19(11-13-20)23-26-22-21(24(31)27-25(32)28(22)3)29(23,14-7-15-30)16-18-8-5-4-6-9-18/h4-6,8-13,17,30H,7,14-16H2,1-3H3/p+1. The van der Waals surface area contributed by atoms with Gasteiger partial charge in [-0.2, -0.15) is 4.99 Å². The number of sulfone groups is 1. The number of fused-ring (bicyclic) bond motifs is 1. The Labute approximate surface area is 203 Å². The van der Waals surface area contributed by atoms with Crippen molar-refractivity contribution in [2.45, 2.75) is 37.0 Å². The molecule has 0 spiro atoms. The molecule has 1 aliphatic heterocycles. The Hall–Kier alpha value is -3.34. The third kappa shape index (κ3) is 4.29. The van der Waals surface area contributed by atoms with Crippen LogP contribution >= 0.6 is 0 Å². The van der Waals surface area contributed by atoms with E-state index in [0.717, 1.165) is 5.56 Å². The van der Waals surface area contributed by atoms with Crippen LogP contribution in [0.1, 0.15) is 31.4 Å². The zero-order valence-electron chi connectivity index (χ0n) is 19.9. The second kappa shape index (κ2) is 9.37. The highest BCUT2D eigenvalue weighted by Crippen LogP contribution is 2.40. The molecule has 4 rings (SSSR count). The second-order valence-electron chi connectivity index (χ2n) is 8.96. The Morgan fingerprint density at radius 3 is 2.31 bits per heavy atom. The molecule has 2 N–H and O–H groups in total. The number of hydrogen-bond acceptors (Lipinski definition) is 6. The van der Waals surface area contributed by atoms with E-state index < -0.39 is 26.3 Å². The van der Waals surface area contributed by atoms with Crippen LogP contribution in [0.15, 0.2) is 74.1 Å². The van der Waals surface area contributed by atoms with Crippen molar-refractivity contribution in [3.05, 3.63) is 86.6 Å². The van der Waals surface area contributed by atoms with Gasteiger partial charge in [0.05, 0.1) is 22.3 Å². The average molecular weight is 498 g/mol. The van der Waals surface area contributed by atoms with Crippen LogP contribution in [0.25, 0.3) is 0 Å². The summed E-state index contributed by atoms with van der Waals surface area (Å²) in [5, 5.41) is 9.14. The molecule has 0 fully saturated rings. The summed E-state index contributed by atoms with van der Waals surface area (Å²) in [6, 6.07) is 16.1. The number of quaternary nitrogens is 1. The Morgan fingerprint density at radius 2 is 1.71 bits per heavy atom. The molecular weight excluding hydrogens is 468 g/mol. The number of H-pyrrole nitrogens is 1.